The van der Waals surface area contributed by atoms with Gasteiger partial charge in [-0.1, -0.05) is 44.2 Å². The maximum absolute atomic E-state index is 12.4. The van der Waals surface area contributed by atoms with Gasteiger partial charge in [-0.2, -0.15) is 0 Å². The molecule has 3 rings (SSSR count). The molecule has 0 N–H and O–H groups in total. The number of carbonyl (C=O) groups is 1. The van der Waals surface area contributed by atoms with Crippen molar-refractivity contribution in [3.05, 3.63) is 96.6 Å². The Morgan fingerprint density at radius 1 is 1.10 bits per heavy atom. The van der Waals surface area contributed by atoms with Crippen molar-refractivity contribution in [2.75, 3.05) is 6.61 Å². The fourth-order valence-electron chi connectivity index (χ4n) is 3.08. The van der Waals surface area contributed by atoms with Gasteiger partial charge in [-0.05, 0) is 35.6 Å². The molecule has 0 spiro atoms. The topological polar surface area (TPSA) is 61.9 Å². The summed E-state index contributed by atoms with van der Waals surface area (Å²) in [5.74, 6) is 0.0317. The Hall–Kier alpha value is -3.41. The highest BCUT2D eigenvalue weighted by atomic mass is 16.5. The van der Waals surface area contributed by atoms with Crippen molar-refractivity contribution >= 4 is 5.97 Å². The molecule has 0 saturated heterocycles. The Balaban J connectivity index is 1.51. The molecule has 0 bridgehead atoms. The monoisotopic (exact) mass is 404 g/mol. The number of hydrogen-bond acceptors (Lipinski definition) is 4. The molecule has 0 aliphatic carbocycles. The summed E-state index contributed by atoms with van der Waals surface area (Å²) in [6.07, 6.45) is 18.1. The van der Waals surface area contributed by atoms with Gasteiger partial charge in [0, 0.05) is 37.9 Å². The molecule has 1 aromatic carbocycles. The lowest BCUT2D eigenvalue weighted by Gasteiger charge is -2.09. The zero-order valence-electron chi connectivity index (χ0n) is 17.5. The van der Waals surface area contributed by atoms with Gasteiger partial charge in [0.05, 0.1) is 18.2 Å². The molecule has 156 valence electrons. The molecule has 2 heterocycles. The molecule has 0 fully saturated rings. The first-order chi connectivity index (χ1) is 14.6. The average Bonchev–Trinajstić information content (AvgIpc) is 3.45. The van der Waals surface area contributed by atoms with Crippen LogP contribution in [0.4, 0.5) is 0 Å². The number of imidazole rings is 2. The summed E-state index contributed by atoms with van der Waals surface area (Å²) in [5, 5.41) is 0. The summed E-state index contributed by atoms with van der Waals surface area (Å²) >= 11 is 0. The van der Waals surface area contributed by atoms with Crippen molar-refractivity contribution in [3.63, 3.8) is 0 Å². The Labute approximate surface area is 177 Å². The Morgan fingerprint density at radius 3 is 2.43 bits per heavy atom. The van der Waals surface area contributed by atoms with Gasteiger partial charge in [-0.25, -0.2) is 14.8 Å². The van der Waals surface area contributed by atoms with Crippen molar-refractivity contribution < 1.29 is 9.53 Å². The molecule has 0 aliphatic rings. The number of esters is 1. The first-order valence-corrected chi connectivity index (χ1v) is 10.2. The summed E-state index contributed by atoms with van der Waals surface area (Å²) in [6, 6.07) is 7.50. The number of ether oxygens (including phenoxy) is 1. The molecule has 3 aromatic rings. The van der Waals surface area contributed by atoms with E-state index in [4.69, 9.17) is 4.74 Å². The fourth-order valence-corrected chi connectivity index (χ4v) is 3.08. The van der Waals surface area contributed by atoms with E-state index in [9.17, 15) is 4.79 Å². The van der Waals surface area contributed by atoms with E-state index in [0.717, 1.165) is 30.6 Å². The summed E-state index contributed by atoms with van der Waals surface area (Å²) in [7, 11) is 0. The van der Waals surface area contributed by atoms with Crippen LogP contribution in [-0.4, -0.2) is 31.7 Å². The predicted molar refractivity (Wildman–Crippen MR) is 117 cm³/mol. The predicted octanol–water partition coefficient (Wildman–Crippen LogP) is 4.51. The normalized spacial score (nSPS) is 12.9. The SMILES string of the molecule is CC/C=C(\C=C/C(C)Cn1ccnc1)COC(=O)c1ccc(Cn2ccnc2)cc1. The summed E-state index contributed by atoms with van der Waals surface area (Å²) in [5.41, 5.74) is 2.66. The van der Waals surface area contributed by atoms with Gasteiger partial charge in [-0.15, -0.1) is 0 Å². The van der Waals surface area contributed by atoms with E-state index in [1.807, 2.05) is 41.5 Å². The van der Waals surface area contributed by atoms with Gasteiger partial charge >= 0.3 is 5.97 Å². The third-order valence-electron chi connectivity index (χ3n) is 4.65. The molecule has 1 atom stereocenters. The van der Waals surface area contributed by atoms with Gasteiger partial charge in [-0.3, -0.25) is 0 Å². The first-order valence-electron chi connectivity index (χ1n) is 10.2. The van der Waals surface area contributed by atoms with Crippen LogP contribution in [0.15, 0.2) is 85.5 Å². The minimum absolute atomic E-state index is 0.262. The van der Waals surface area contributed by atoms with Gasteiger partial charge in [0.2, 0.25) is 0 Å². The maximum Gasteiger partial charge on any atom is 0.338 e. The molecule has 0 radical (unpaired) electrons. The van der Waals surface area contributed by atoms with Crippen LogP contribution in [0, 0.1) is 5.92 Å². The Kier molecular flexibility index (Phi) is 7.78. The van der Waals surface area contributed by atoms with Crippen molar-refractivity contribution in [2.45, 2.75) is 33.4 Å². The second kappa shape index (κ2) is 11.0. The quantitative estimate of drug-likeness (QED) is 0.368. The standard InChI is InChI=1S/C24H28N4O2/c1-3-4-22(6-5-20(2)15-27-13-11-25-18-27)17-30-24(29)23-9-7-21(8-10-23)16-28-14-12-26-19-28/h4-14,18-20H,3,15-17H2,1-2H3/b6-5-,22-4+. The lowest BCUT2D eigenvalue weighted by molar-refractivity contribution is 0.0542. The zero-order chi connectivity index (χ0) is 21.2. The van der Waals surface area contributed by atoms with Crippen LogP contribution in [0.3, 0.4) is 0 Å². The highest BCUT2D eigenvalue weighted by Crippen LogP contribution is 2.11. The third-order valence-corrected chi connectivity index (χ3v) is 4.65. The van der Waals surface area contributed by atoms with Crippen LogP contribution >= 0.6 is 0 Å². The molecule has 6 heteroatoms. The van der Waals surface area contributed by atoms with Crippen molar-refractivity contribution in [3.8, 4) is 0 Å². The second-order valence-electron chi connectivity index (χ2n) is 7.29. The van der Waals surface area contributed by atoms with Crippen molar-refractivity contribution in [1.82, 2.24) is 19.1 Å². The zero-order valence-corrected chi connectivity index (χ0v) is 17.5. The summed E-state index contributed by atoms with van der Waals surface area (Å²) < 4.78 is 9.57. The number of aromatic nitrogens is 4. The van der Waals surface area contributed by atoms with Crippen molar-refractivity contribution in [2.24, 2.45) is 5.92 Å². The number of benzene rings is 1. The van der Waals surface area contributed by atoms with E-state index < -0.39 is 0 Å². The minimum atomic E-state index is -0.314. The molecule has 0 aliphatic heterocycles. The lowest BCUT2D eigenvalue weighted by Crippen LogP contribution is -2.08. The molecule has 6 nitrogen and oxygen atoms in total. The number of allylic oxidation sites excluding steroid dienone is 2. The van der Waals surface area contributed by atoms with Crippen LogP contribution < -0.4 is 0 Å². The average molecular weight is 405 g/mol. The summed E-state index contributed by atoms with van der Waals surface area (Å²) in [6.45, 7) is 6.07. The highest BCUT2D eigenvalue weighted by Gasteiger charge is 2.08. The van der Waals surface area contributed by atoms with Crippen LogP contribution in [0.25, 0.3) is 0 Å². The van der Waals surface area contributed by atoms with E-state index in [-0.39, 0.29) is 12.6 Å². The van der Waals surface area contributed by atoms with Gasteiger partial charge in [0.25, 0.3) is 0 Å². The molecule has 0 saturated carbocycles. The third kappa shape index (κ3) is 6.58. The number of hydrogen-bond donors (Lipinski definition) is 0. The number of rotatable bonds is 10. The lowest BCUT2D eigenvalue weighted by atomic mass is 10.1. The van der Waals surface area contributed by atoms with E-state index in [2.05, 4.69) is 40.5 Å². The van der Waals surface area contributed by atoms with E-state index in [0.29, 0.717) is 11.5 Å². The van der Waals surface area contributed by atoms with Crippen LogP contribution in [0.2, 0.25) is 0 Å². The van der Waals surface area contributed by atoms with Gasteiger partial charge in [0.1, 0.15) is 6.61 Å². The second-order valence-corrected chi connectivity index (χ2v) is 7.29. The van der Waals surface area contributed by atoms with Gasteiger partial charge in [0.15, 0.2) is 0 Å². The highest BCUT2D eigenvalue weighted by molar-refractivity contribution is 5.89. The smallest absolute Gasteiger partial charge is 0.338 e. The van der Waals surface area contributed by atoms with E-state index in [1.165, 1.54) is 0 Å². The molecular formula is C24H28N4O2. The van der Waals surface area contributed by atoms with Crippen LogP contribution in [-0.2, 0) is 17.8 Å². The molecule has 0 amide bonds. The van der Waals surface area contributed by atoms with Crippen LogP contribution in [0.5, 0.6) is 0 Å². The Morgan fingerprint density at radius 2 is 1.80 bits per heavy atom. The number of nitrogens with zero attached hydrogens (tertiary/aromatic N) is 4. The molecule has 30 heavy (non-hydrogen) atoms. The van der Waals surface area contributed by atoms with E-state index >= 15 is 0 Å². The molecule has 2 aromatic heterocycles. The fraction of sp³-hybridized carbons (Fsp3) is 0.292. The van der Waals surface area contributed by atoms with Crippen molar-refractivity contribution in [1.29, 1.82) is 0 Å². The van der Waals surface area contributed by atoms with Gasteiger partial charge < -0.3 is 13.9 Å². The molecular weight excluding hydrogens is 376 g/mol. The minimum Gasteiger partial charge on any atom is -0.457 e. The first kappa shape index (κ1) is 21.3. The van der Waals surface area contributed by atoms with Crippen LogP contribution in [0.1, 0.15) is 36.2 Å². The number of carbonyl (C=O) groups excluding carboxylic acids is 1. The largest absolute Gasteiger partial charge is 0.457 e. The summed E-state index contributed by atoms with van der Waals surface area (Å²) in [4.78, 5) is 20.5. The van der Waals surface area contributed by atoms with E-state index in [1.54, 1.807) is 30.9 Å². The Bertz CT molecular complexity index is 955. The maximum atomic E-state index is 12.4. The molecule has 1 unspecified atom stereocenters.